The first-order chi connectivity index (χ1) is 10.8. The highest BCUT2D eigenvalue weighted by Gasteiger charge is 2.13. The van der Waals surface area contributed by atoms with E-state index in [1.165, 1.54) is 0 Å². The number of tetrazole rings is 1. The van der Waals surface area contributed by atoms with Crippen LogP contribution in [0.4, 0.5) is 0 Å². The molecule has 0 aliphatic rings. The molecule has 0 radical (unpaired) electrons. The predicted molar refractivity (Wildman–Crippen MR) is 77.6 cm³/mol. The first-order valence-corrected chi connectivity index (χ1v) is 6.81. The van der Waals surface area contributed by atoms with Crippen LogP contribution in [0.15, 0.2) is 33.5 Å². The van der Waals surface area contributed by atoms with Crippen LogP contribution >= 0.6 is 0 Å². The number of H-pyrrole nitrogens is 1. The maximum atomic E-state index is 12.1. The van der Waals surface area contributed by atoms with Crippen LogP contribution in [0.1, 0.15) is 6.92 Å². The quantitative estimate of drug-likeness (QED) is 0.542. The molecule has 0 spiro atoms. The van der Waals surface area contributed by atoms with Gasteiger partial charge in [0.1, 0.15) is 12.2 Å². The largest absolute Gasteiger partial charge is 0.487 e. The van der Waals surface area contributed by atoms with Crippen molar-refractivity contribution in [2.24, 2.45) is 0 Å². The van der Waals surface area contributed by atoms with Crippen molar-refractivity contribution in [2.45, 2.75) is 6.92 Å². The number of nitrogens with zero attached hydrogens (tertiary/aromatic N) is 3. The molecule has 1 aromatic carbocycles. The van der Waals surface area contributed by atoms with Crippen molar-refractivity contribution >= 4 is 11.0 Å². The summed E-state index contributed by atoms with van der Waals surface area (Å²) in [4.78, 5) is 12.1. The maximum absolute atomic E-state index is 12.1. The lowest BCUT2D eigenvalue weighted by molar-refractivity contribution is 0.110. The van der Waals surface area contributed by atoms with Gasteiger partial charge in [0.25, 0.3) is 0 Å². The van der Waals surface area contributed by atoms with Crippen molar-refractivity contribution < 1.29 is 13.9 Å². The zero-order valence-electron chi connectivity index (χ0n) is 11.9. The number of aromatic amines is 1. The Bertz CT molecular complexity index is 813. The number of nitrogens with one attached hydrogen (secondary N) is 1. The number of para-hydroxylation sites is 1. The number of hydrogen-bond acceptors (Lipinski definition) is 7. The summed E-state index contributed by atoms with van der Waals surface area (Å²) in [5, 5.41) is 13.9. The minimum Gasteiger partial charge on any atom is -0.487 e. The van der Waals surface area contributed by atoms with Gasteiger partial charge in [-0.25, -0.2) is 9.89 Å². The summed E-state index contributed by atoms with van der Waals surface area (Å²) >= 11 is 0. The molecule has 0 amide bonds. The SMILES string of the molecule is CCOCCOc1cccc2cc(-c3nnn[nH]3)c(=O)oc12. The average molecular weight is 302 g/mol. The van der Waals surface area contributed by atoms with E-state index >= 15 is 0 Å². The smallest absolute Gasteiger partial charge is 0.347 e. The third-order valence-corrected chi connectivity index (χ3v) is 3.01. The summed E-state index contributed by atoms with van der Waals surface area (Å²) in [6, 6.07) is 7.05. The highest BCUT2D eigenvalue weighted by atomic mass is 16.5. The van der Waals surface area contributed by atoms with Crippen molar-refractivity contribution in [1.29, 1.82) is 0 Å². The zero-order chi connectivity index (χ0) is 15.4. The molecule has 0 saturated heterocycles. The van der Waals surface area contributed by atoms with E-state index in [0.29, 0.717) is 31.2 Å². The fraction of sp³-hybridized carbons (Fsp3) is 0.286. The summed E-state index contributed by atoms with van der Waals surface area (Å²) in [7, 11) is 0. The molecular formula is C14H14N4O4. The van der Waals surface area contributed by atoms with Crippen molar-refractivity contribution in [1.82, 2.24) is 20.6 Å². The Labute approximate surface area is 125 Å². The molecule has 0 aliphatic carbocycles. The predicted octanol–water partition coefficient (Wildman–Crippen LogP) is 1.39. The van der Waals surface area contributed by atoms with Crippen molar-refractivity contribution in [3.05, 3.63) is 34.7 Å². The van der Waals surface area contributed by atoms with E-state index in [4.69, 9.17) is 13.9 Å². The van der Waals surface area contributed by atoms with Gasteiger partial charge in [0, 0.05) is 12.0 Å². The van der Waals surface area contributed by atoms with Gasteiger partial charge in [0.2, 0.25) is 0 Å². The van der Waals surface area contributed by atoms with Crippen LogP contribution in [-0.2, 0) is 4.74 Å². The van der Waals surface area contributed by atoms with Crippen molar-refractivity contribution in [2.75, 3.05) is 19.8 Å². The Balaban J connectivity index is 1.96. The minimum atomic E-state index is -0.535. The van der Waals surface area contributed by atoms with Crippen LogP contribution in [0.25, 0.3) is 22.4 Å². The van der Waals surface area contributed by atoms with E-state index in [2.05, 4.69) is 20.6 Å². The van der Waals surface area contributed by atoms with Gasteiger partial charge >= 0.3 is 5.63 Å². The molecule has 8 nitrogen and oxygen atoms in total. The van der Waals surface area contributed by atoms with E-state index in [1.54, 1.807) is 12.1 Å². The van der Waals surface area contributed by atoms with Crippen LogP contribution in [0, 0.1) is 0 Å². The minimum absolute atomic E-state index is 0.262. The fourth-order valence-electron chi connectivity index (χ4n) is 2.02. The lowest BCUT2D eigenvalue weighted by atomic mass is 10.1. The first-order valence-electron chi connectivity index (χ1n) is 6.81. The third-order valence-electron chi connectivity index (χ3n) is 3.01. The topological polar surface area (TPSA) is 103 Å². The second-order valence-corrected chi connectivity index (χ2v) is 4.42. The molecule has 0 fully saturated rings. The van der Waals surface area contributed by atoms with E-state index in [0.717, 1.165) is 5.39 Å². The molecule has 8 heteroatoms. The molecule has 0 saturated carbocycles. The normalized spacial score (nSPS) is 11.0. The molecule has 3 rings (SSSR count). The summed E-state index contributed by atoms with van der Waals surface area (Å²) in [5.74, 6) is 0.759. The number of rotatable bonds is 6. The Morgan fingerprint density at radius 2 is 2.23 bits per heavy atom. The van der Waals surface area contributed by atoms with Gasteiger partial charge in [0.15, 0.2) is 17.2 Å². The molecule has 114 valence electrons. The van der Waals surface area contributed by atoms with Gasteiger partial charge in [0.05, 0.1) is 6.61 Å². The first kappa shape index (κ1) is 14.2. The van der Waals surface area contributed by atoms with Crippen LogP contribution in [-0.4, -0.2) is 40.4 Å². The fourth-order valence-corrected chi connectivity index (χ4v) is 2.02. The average Bonchev–Trinajstić information content (AvgIpc) is 3.05. The summed E-state index contributed by atoms with van der Waals surface area (Å²) in [6.07, 6.45) is 0. The maximum Gasteiger partial charge on any atom is 0.347 e. The molecule has 0 bridgehead atoms. The Kier molecular flexibility index (Phi) is 4.10. The highest BCUT2D eigenvalue weighted by molar-refractivity contribution is 5.85. The van der Waals surface area contributed by atoms with E-state index < -0.39 is 5.63 Å². The molecule has 0 atom stereocenters. The molecule has 0 unspecified atom stereocenters. The van der Waals surface area contributed by atoms with E-state index in [1.807, 2.05) is 19.1 Å². The van der Waals surface area contributed by atoms with Gasteiger partial charge in [-0.3, -0.25) is 0 Å². The molecule has 3 aromatic rings. The van der Waals surface area contributed by atoms with E-state index in [-0.39, 0.29) is 11.4 Å². The number of ether oxygens (including phenoxy) is 2. The third kappa shape index (κ3) is 2.82. The van der Waals surface area contributed by atoms with Crippen LogP contribution < -0.4 is 10.4 Å². The second-order valence-electron chi connectivity index (χ2n) is 4.42. The summed E-state index contributed by atoms with van der Waals surface area (Å²) < 4.78 is 16.2. The van der Waals surface area contributed by atoms with Crippen molar-refractivity contribution in [3.63, 3.8) is 0 Å². The van der Waals surface area contributed by atoms with Gasteiger partial charge in [-0.2, -0.15) is 0 Å². The number of aromatic nitrogens is 4. The molecule has 2 heterocycles. The monoisotopic (exact) mass is 302 g/mol. The Morgan fingerprint density at radius 1 is 1.32 bits per heavy atom. The number of hydrogen-bond donors (Lipinski definition) is 1. The van der Waals surface area contributed by atoms with Crippen LogP contribution in [0.2, 0.25) is 0 Å². The summed E-state index contributed by atoms with van der Waals surface area (Å²) in [6.45, 7) is 3.39. The van der Waals surface area contributed by atoms with E-state index in [9.17, 15) is 4.79 Å². The number of benzene rings is 1. The zero-order valence-corrected chi connectivity index (χ0v) is 11.9. The van der Waals surface area contributed by atoms with Crippen molar-refractivity contribution in [3.8, 4) is 17.1 Å². The van der Waals surface area contributed by atoms with Crippen LogP contribution in [0.5, 0.6) is 5.75 Å². The molecular weight excluding hydrogens is 288 g/mol. The van der Waals surface area contributed by atoms with Gasteiger partial charge in [-0.1, -0.05) is 12.1 Å². The van der Waals surface area contributed by atoms with Gasteiger partial charge in [-0.15, -0.1) is 5.10 Å². The number of fused-ring (bicyclic) bond motifs is 1. The molecule has 1 N–H and O–H groups in total. The molecule has 22 heavy (non-hydrogen) atoms. The van der Waals surface area contributed by atoms with Crippen LogP contribution in [0.3, 0.4) is 0 Å². The van der Waals surface area contributed by atoms with Gasteiger partial charge in [-0.05, 0) is 29.5 Å². The molecule has 2 aromatic heterocycles. The lowest BCUT2D eigenvalue weighted by Crippen LogP contribution is -2.08. The second kappa shape index (κ2) is 6.35. The Hall–Kier alpha value is -2.74. The molecule has 0 aliphatic heterocycles. The summed E-state index contributed by atoms with van der Waals surface area (Å²) in [5.41, 5.74) is 0.121. The Morgan fingerprint density at radius 3 is 3.00 bits per heavy atom. The highest BCUT2D eigenvalue weighted by Crippen LogP contribution is 2.26. The lowest BCUT2D eigenvalue weighted by Gasteiger charge is -2.08. The van der Waals surface area contributed by atoms with Gasteiger partial charge < -0.3 is 13.9 Å². The standard InChI is InChI=1S/C14H14N4O4/c1-2-20-6-7-21-11-5-3-4-9-8-10(13-15-17-18-16-13)14(19)22-12(9)11/h3-5,8H,2,6-7H2,1H3,(H,15,16,17,18).